The van der Waals surface area contributed by atoms with Crippen molar-refractivity contribution < 1.29 is 19.1 Å². The first-order valence-electron chi connectivity index (χ1n) is 11.1. The maximum Gasteiger partial charge on any atom is 0.355 e. The molecular formula is C21H24N8O5S3. The molecule has 13 nitrogen and oxygen atoms in total. The van der Waals surface area contributed by atoms with E-state index in [1.165, 1.54) is 23.8 Å². The highest BCUT2D eigenvalue weighted by molar-refractivity contribution is 8.03. The molecule has 0 aromatic carbocycles. The van der Waals surface area contributed by atoms with Crippen LogP contribution >= 0.6 is 35.1 Å². The molecule has 16 heteroatoms. The number of carbonyl (C=O) groups excluding carboxylic acids is 3. The van der Waals surface area contributed by atoms with Crippen LogP contribution in [-0.2, 0) is 24.9 Å². The zero-order chi connectivity index (χ0) is 26.5. The highest BCUT2D eigenvalue weighted by Gasteiger charge is 2.54. The Kier molecular flexibility index (Phi) is 8.73. The predicted octanol–water partition coefficient (Wildman–Crippen LogP) is 1.18. The SMILES string of the molecule is COC(=O)C1=C(Sc2ccncc2CSCCN)CC[C@@H]2[C@H](NC(=O)C(N=O)c3nsc(N)n3)C(=O)N12. The molecule has 1 unspecified atom stereocenters. The molecule has 0 aliphatic carbocycles. The zero-order valence-electron chi connectivity index (χ0n) is 19.7. The molecule has 2 aromatic rings. The van der Waals surface area contributed by atoms with Crippen molar-refractivity contribution >= 4 is 58.0 Å². The first-order valence-corrected chi connectivity index (χ1v) is 13.9. The number of hydrogen-bond donors (Lipinski definition) is 3. The van der Waals surface area contributed by atoms with E-state index < -0.39 is 35.9 Å². The maximum absolute atomic E-state index is 13.1. The number of β-lactam (4-membered cyclic amide) rings is 1. The van der Waals surface area contributed by atoms with Gasteiger partial charge in [0.25, 0.3) is 11.8 Å². The molecule has 0 saturated carbocycles. The van der Waals surface area contributed by atoms with Gasteiger partial charge in [0, 0.05) is 51.8 Å². The minimum absolute atomic E-state index is 0.0860. The summed E-state index contributed by atoms with van der Waals surface area (Å²) in [7, 11) is 1.25. The Bertz CT molecular complexity index is 1240. The van der Waals surface area contributed by atoms with Crippen molar-refractivity contribution in [3.8, 4) is 0 Å². The van der Waals surface area contributed by atoms with Gasteiger partial charge in [-0.2, -0.15) is 16.1 Å². The smallest absolute Gasteiger partial charge is 0.355 e. The normalized spacial score (nSPS) is 19.6. The second-order valence-corrected chi connectivity index (χ2v) is 11.0. The van der Waals surface area contributed by atoms with Crippen LogP contribution in [-0.4, -0.2) is 68.5 Å². The lowest BCUT2D eigenvalue weighted by Crippen LogP contribution is -2.71. The Morgan fingerprint density at radius 2 is 2.24 bits per heavy atom. The molecule has 2 amide bonds. The molecule has 0 spiro atoms. The van der Waals surface area contributed by atoms with Gasteiger partial charge in [-0.15, -0.1) is 4.91 Å². The molecule has 4 heterocycles. The number of aromatic nitrogens is 3. The van der Waals surface area contributed by atoms with Gasteiger partial charge >= 0.3 is 5.97 Å². The molecule has 3 atom stereocenters. The molecule has 0 radical (unpaired) electrons. The Morgan fingerprint density at radius 3 is 2.92 bits per heavy atom. The van der Waals surface area contributed by atoms with Crippen LogP contribution in [0.5, 0.6) is 0 Å². The Morgan fingerprint density at radius 1 is 1.43 bits per heavy atom. The number of carbonyl (C=O) groups is 3. The number of esters is 1. The number of pyridine rings is 1. The minimum Gasteiger partial charge on any atom is -0.464 e. The summed E-state index contributed by atoms with van der Waals surface area (Å²) in [6.45, 7) is 0.569. The van der Waals surface area contributed by atoms with E-state index in [9.17, 15) is 19.3 Å². The summed E-state index contributed by atoms with van der Waals surface area (Å²) in [5.41, 5.74) is 12.3. The fourth-order valence-corrected chi connectivity index (χ4v) is 6.50. The summed E-state index contributed by atoms with van der Waals surface area (Å²) >= 11 is 3.90. The molecule has 5 N–H and O–H groups in total. The van der Waals surface area contributed by atoms with E-state index in [2.05, 4.69) is 24.8 Å². The van der Waals surface area contributed by atoms with E-state index in [0.29, 0.717) is 30.0 Å². The number of anilines is 1. The molecule has 2 aliphatic rings. The van der Waals surface area contributed by atoms with E-state index in [4.69, 9.17) is 16.2 Å². The van der Waals surface area contributed by atoms with Crippen LogP contribution in [0.3, 0.4) is 0 Å². The number of thioether (sulfide) groups is 2. The number of fused-ring (bicyclic) bond motifs is 1. The number of hydrogen-bond acceptors (Lipinski definition) is 14. The maximum atomic E-state index is 13.1. The third kappa shape index (κ3) is 5.61. The van der Waals surface area contributed by atoms with Crippen LogP contribution in [0.15, 0.2) is 39.1 Å². The fourth-order valence-electron chi connectivity index (χ4n) is 4.04. The molecular weight excluding hydrogens is 540 g/mol. The van der Waals surface area contributed by atoms with Crippen LogP contribution in [0.1, 0.15) is 30.3 Å². The van der Waals surface area contributed by atoms with Gasteiger partial charge in [0.15, 0.2) is 11.0 Å². The molecule has 1 saturated heterocycles. The van der Waals surface area contributed by atoms with Gasteiger partial charge < -0.3 is 21.5 Å². The van der Waals surface area contributed by atoms with Gasteiger partial charge in [-0.1, -0.05) is 11.8 Å². The van der Waals surface area contributed by atoms with Crippen molar-refractivity contribution in [1.82, 2.24) is 24.6 Å². The standard InChI is InChI=1S/C21H24N8O5S3/c1-34-20(32)16-13(36-12-4-6-24-8-10(12)9-35-7-5-22)3-2-11-14(19(31)29(11)16)25-18(30)15(27-33)17-26-21(23)37-28-17/h4,6,8,11,14-15H,2-3,5,7,9,22H2,1H3,(H,25,30)(H2,23,26,28)/t11-,14+,15?/m1/s1. The number of rotatable bonds is 11. The van der Waals surface area contributed by atoms with E-state index in [-0.39, 0.29) is 16.7 Å². The number of nitrogens with zero attached hydrogens (tertiary/aromatic N) is 5. The lowest BCUT2D eigenvalue weighted by molar-refractivity contribution is -0.156. The molecule has 0 bridgehead atoms. The number of nitrogens with two attached hydrogens (primary N) is 2. The number of methoxy groups -OCH3 is 1. The lowest BCUT2D eigenvalue weighted by atomic mass is 9.86. The largest absolute Gasteiger partial charge is 0.464 e. The van der Waals surface area contributed by atoms with Gasteiger partial charge in [-0.25, -0.2) is 9.78 Å². The third-order valence-corrected chi connectivity index (χ3v) is 8.59. The van der Waals surface area contributed by atoms with E-state index in [0.717, 1.165) is 27.7 Å². The highest BCUT2D eigenvalue weighted by atomic mass is 32.2. The Labute approximate surface area is 224 Å². The first kappa shape index (κ1) is 27.0. The summed E-state index contributed by atoms with van der Waals surface area (Å²) in [5.74, 6) is -0.564. The van der Waals surface area contributed by atoms with Crippen LogP contribution < -0.4 is 16.8 Å². The molecule has 1 fully saturated rings. The summed E-state index contributed by atoms with van der Waals surface area (Å²) in [6, 6.07) is -1.08. The first-order chi connectivity index (χ1) is 17.9. The van der Waals surface area contributed by atoms with Gasteiger partial charge in [-0.05, 0) is 29.6 Å². The monoisotopic (exact) mass is 564 g/mol. The molecule has 2 aliphatic heterocycles. The quantitative estimate of drug-likeness (QED) is 0.153. The van der Waals surface area contributed by atoms with Gasteiger partial charge in [-0.3, -0.25) is 19.5 Å². The summed E-state index contributed by atoms with van der Waals surface area (Å²) < 4.78 is 8.85. The van der Waals surface area contributed by atoms with E-state index in [1.54, 1.807) is 24.2 Å². The topological polar surface area (TPSA) is 196 Å². The minimum atomic E-state index is -1.54. The number of nitroso groups, excluding NO2 is 1. The number of allylic oxidation sites excluding steroid dienone is 1. The van der Waals surface area contributed by atoms with Crippen molar-refractivity contribution in [1.29, 1.82) is 0 Å². The van der Waals surface area contributed by atoms with Crippen LogP contribution in [0.25, 0.3) is 0 Å². The van der Waals surface area contributed by atoms with Gasteiger partial charge in [0.05, 0.1) is 13.2 Å². The van der Waals surface area contributed by atoms with Crippen molar-refractivity contribution in [3.63, 3.8) is 0 Å². The molecule has 4 rings (SSSR count). The van der Waals surface area contributed by atoms with Crippen molar-refractivity contribution in [2.45, 2.75) is 41.6 Å². The Balaban J connectivity index is 1.53. The predicted molar refractivity (Wildman–Crippen MR) is 139 cm³/mol. The average molecular weight is 565 g/mol. The van der Waals surface area contributed by atoms with Crippen LogP contribution in [0.2, 0.25) is 0 Å². The summed E-state index contributed by atoms with van der Waals surface area (Å²) in [6.07, 6.45) is 4.42. The number of ether oxygens (including phenoxy) is 1. The van der Waals surface area contributed by atoms with E-state index >= 15 is 0 Å². The fraction of sp³-hybridized carbons (Fsp3) is 0.429. The molecule has 196 valence electrons. The lowest BCUT2D eigenvalue weighted by Gasteiger charge is -2.50. The number of amides is 2. The van der Waals surface area contributed by atoms with Gasteiger partial charge in [0.1, 0.15) is 11.7 Å². The zero-order valence-corrected chi connectivity index (χ0v) is 22.1. The van der Waals surface area contributed by atoms with Gasteiger partial charge in [0.2, 0.25) is 6.04 Å². The second-order valence-electron chi connectivity index (χ2n) is 7.99. The van der Waals surface area contributed by atoms with E-state index in [1.807, 2.05) is 6.07 Å². The second kappa shape index (κ2) is 12.0. The van der Waals surface area contributed by atoms with Crippen LogP contribution in [0, 0.1) is 4.91 Å². The van der Waals surface area contributed by atoms with Crippen molar-refractivity contribution in [2.75, 3.05) is 25.1 Å². The third-order valence-electron chi connectivity index (χ3n) is 5.74. The summed E-state index contributed by atoms with van der Waals surface area (Å²) in [5, 5.41) is 5.45. The average Bonchev–Trinajstić information content (AvgIpc) is 3.33. The Hall–Kier alpha value is -3.08. The number of nitrogens with one attached hydrogen (secondary N) is 1. The van der Waals surface area contributed by atoms with Crippen molar-refractivity contribution in [2.24, 2.45) is 10.9 Å². The van der Waals surface area contributed by atoms with Crippen molar-refractivity contribution in [3.05, 3.63) is 45.4 Å². The highest BCUT2D eigenvalue weighted by Crippen LogP contribution is 2.44. The van der Waals surface area contributed by atoms with Crippen LogP contribution in [0.4, 0.5) is 5.13 Å². The molecule has 37 heavy (non-hydrogen) atoms. The number of nitrogen functional groups attached to an aromatic ring is 1. The summed E-state index contributed by atoms with van der Waals surface area (Å²) in [4.78, 5) is 60.9. The molecule has 2 aromatic heterocycles.